The van der Waals surface area contributed by atoms with Gasteiger partial charge < -0.3 is 14.6 Å². The molecule has 1 fully saturated rings. The quantitative estimate of drug-likeness (QED) is 0.843. The summed E-state index contributed by atoms with van der Waals surface area (Å²) in [6, 6.07) is 7.64. The summed E-state index contributed by atoms with van der Waals surface area (Å²) in [5.74, 6) is 0.877. The smallest absolute Gasteiger partial charge is 0.119 e. The lowest BCUT2D eigenvalue weighted by Gasteiger charge is -2.30. The lowest BCUT2D eigenvalue weighted by atomic mass is 9.94. The summed E-state index contributed by atoms with van der Waals surface area (Å²) < 4.78 is 11.2. The summed E-state index contributed by atoms with van der Waals surface area (Å²) >= 11 is 0. The number of aliphatic hydroxyl groups is 1. The van der Waals surface area contributed by atoms with Gasteiger partial charge in [0.1, 0.15) is 11.9 Å². The minimum absolute atomic E-state index is 0.403. The molecule has 1 atom stereocenters. The van der Waals surface area contributed by atoms with Crippen LogP contribution in [0, 0.1) is 0 Å². The van der Waals surface area contributed by atoms with Crippen LogP contribution in [0.3, 0.4) is 0 Å². The highest BCUT2D eigenvalue weighted by Gasteiger charge is 2.29. The number of benzene rings is 1. The molecule has 1 aliphatic rings. The van der Waals surface area contributed by atoms with E-state index in [2.05, 4.69) is 0 Å². The van der Waals surface area contributed by atoms with E-state index in [-0.39, 0.29) is 0 Å². The van der Waals surface area contributed by atoms with E-state index >= 15 is 0 Å². The first-order valence-corrected chi connectivity index (χ1v) is 6.61. The van der Waals surface area contributed by atoms with Gasteiger partial charge in [0.05, 0.1) is 11.7 Å². The maximum atomic E-state index is 10.3. The third-order valence-electron chi connectivity index (χ3n) is 3.20. The fourth-order valence-corrected chi connectivity index (χ4v) is 1.96. The number of ether oxygens (including phenoxy) is 2. The Kier molecular flexibility index (Phi) is 3.93. The van der Waals surface area contributed by atoms with E-state index in [9.17, 15) is 5.11 Å². The third kappa shape index (κ3) is 3.24. The predicted octanol–water partition coefficient (Wildman–Crippen LogP) is 3.08. The van der Waals surface area contributed by atoms with Crippen LogP contribution in [-0.2, 0) is 4.74 Å². The molecule has 0 amide bonds. The molecule has 1 aliphatic carbocycles. The van der Waals surface area contributed by atoms with Crippen LogP contribution in [-0.4, -0.2) is 23.4 Å². The van der Waals surface area contributed by atoms with Crippen LogP contribution in [0.1, 0.15) is 45.3 Å². The summed E-state index contributed by atoms with van der Waals surface area (Å²) in [4.78, 5) is 0. The zero-order chi connectivity index (χ0) is 13.2. The molecule has 100 valence electrons. The standard InChI is InChI=1S/C15H22O3/c1-4-17-15(2,3)14(16)11-5-7-12(8-6-11)18-13-9-10-13/h5-8,13-14,16H,4,9-10H2,1-3H3. The first-order valence-electron chi connectivity index (χ1n) is 6.61. The lowest BCUT2D eigenvalue weighted by Crippen LogP contribution is -2.32. The second-order valence-corrected chi connectivity index (χ2v) is 5.33. The van der Waals surface area contributed by atoms with Crippen molar-refractivity contribution in [1.29, 1.82) is 0 Å². The van der Waals surface area contributed by atoms with Crippen LogP contribution in [0.25, 0.3) is 0 Å². The second kappa shape index (κ2) is 5.29. The van der Waals surface area contributed by atoms with Crippen LogP contribution in [0.15, 0.2) is 24.3 Å². The van der Waals surface area contributed by atoms with Crippen molar-refractivity contribution in [2.75, 3.05) is 6.61 Å². The molecular formula is C15H22O3. The molecule has 1 N–H and O–H groups in total. The van der Waals surface area contributed by atoms with Crippen LogP contribution in [0.2, 0.25) is 0 Å². The highest BCUT2D eigenvalue weighted by molar-refractivity contribution is 5.30. The SMILES string of the molecule is CCOC(C)(C)C(O)c1ccc(OC2CC2)cc1. The van der Waals surface area contributed by atoms with Gasteiger partial charge in [-0.15, -0.1) is 0 Å². The van der Waals surface area contributed by atoms with Gasteiger partial charge in [0.15, 0.2) is 0 Å². The fraction of sp³-hybridized carbons (Fsp3) is 0.600. The van der Waals surface area contributed by atoms with E-state index in [4.69, 9.17) is 9.47 Å². The molecule has 0 heterocycles. The molecule has 0 aliphatic heterocycles. The second-order valence-electron chi connectivity index (χ2n) is 5.33. The van der Waals surface area contributed by atoms with Gasteiger partial charge in [-0.2, -0.15) is 0 Å². The summed E-state index contributed by atoms with van der Waals surface area (Å²) in [5, 5.41) is 10.3. The van der Waals surface area contributed by atoms with Gasteiger partial charge in [-0.05, 0) is 51.3 Å². The molecule has 18 heavy (non-hydrogen) atoms. The Hall–Kier alpha value is -1.06. The number of hydrogen-bond donors (Lipinski definition) is 1. The minimum atomic E-state index is -0.632. The van der Waals surface area contributed by atoms with Gasteiger partial charge in [-0.3, -0.25) is 0 Å². The molecule has 1 aromatic rings. The highest BCUT2D eigenvalue weighted by atomic mass is 16.5. The largest absolute Gasteiger partial charge is 0.490 e. The molecule has 0 bridgehead atoms. The molecule has 0 radical (unpaired) electrons. The Balaban J connectivity index is 2.03. The van der Waals surface area contributed by atoms with Crippen molar-refractivity contribution in [2.45, 2.75) is 51.4 Å². The summed E-state index contributed by atoms with van der Waals surface area (Å²) in [6.45, 7) is 6.32. The maximum absolute atomic E-state index is 10.3. The average Bonchev–Trinajstić information content (AvgIpc) is 3.13. The van der Waals surface area contributed by atoms with Gasteiger partial charge in [-0.25, -0.2) is 0 Å². The number of rotatable bonds is 6. The van der Waals surface area contributed by atoms with Gasteiger partial charge in [0.25, 0.3) is 0 Å². The van der Waals surface area contributed by atoms with E-state index in [0.717, 1.165) is 24.2 Å². The average molecular weight is 250 g/mol. The van der Waals surface area contributed by atoms with E-state index in [1.807, 2.05) is 45.0 Å². The Morgan fingerprint density at radius 1 is 1.28 bits per heavy atom. The maximum Gasteiger partial charge on any atom is 0.119 e. The summed E-state index contributed by atoms with van der Waals surface area (Å²) in [7, 11) is 0. The van der Waals surface area contributed by atoms with Crippen LogP contribution in [0.4, 0.5) is 0 Å². The highest BCUT2D eigenvalue weighted by Crippen LogP contribution is 2.31. The molecule has 2 rings (SSSR count). The zero-order valence-electron chi connectivity index (χ0n) is 11.3. The Bertz CT molecular complexity index is 379. The van der Waals surface area contributed by atoms with E-state index in [1.165, 1.54) is 0 Å². The van der Waals surface area contributed by atoms with Gasteiger partial charge in [0, 0.05) is 6.61 Å². The summed E-state index contributed by atoms with van der Waals surface area (Å²) in [5.41, 5.74) is 0.282. The molecular weight excluding hydrogens is 228 g/mol. The van der Waals surface area contributed by atoms with Crippen LogP contribution >= 0.6 is 0 Å². The molecule has 3 nitrogen and oxygen atoms in total. The van der Waals surface area contributed by atoms with E-state index in [1.54, 1.807) is 0 Å². The molecule has 0 saturated heterocycles. The predicted molar refractivity (Wildman–Crippen MR) is 70.8 cm³/mol. The normalized spacial score (nSPS) is 17.6. The van der Waals surface area contributed by atoms with Crippen LogP contribution in [0.5, 0.6) is 5.75 Å². The summed E-state index contributed by atoms with van der Waals surface area (Å²) in [6.07, 6.45) is 2.08. The van der Waals surface area contributed by atoms with Gasteiger partial charge in [-0.1, -0.05) is 12.1 Å². The molecule has 0 spiro atoms. The Morgan fingerprint density at radius 3 is 2.39 bits per heavy atom. The number of aliphatic hydroxyl groups excluding tert-OH is 1. The van der Waals surface area contributed by atoms with Crippen LogP contribution < -0.4 is 4.74 Å². The molecule has 1 saturated carbocycles. The van der Waals surface area contributed by atoms with Crippen molar-refractivity contribution < 1.29 is 14.6 Å². The van der Waals surface area contributed by atoms with E-state index < -0.39 is 11.7 Å². The third-order valence-corrected chi connectivity index (χ3v) is 3.20. The fourth-order valence-electron chi connectivity index (χ4n) is 1.96. The molecule has 1 aromatic carbocycles. The van der Waals surface area contributed by atoms with Gasteiger partial charge in [0.2, 0.25) is 0 Å². The lowest BCUT2D eigenvalue weighted by molar-refractivity contribution is -0.0983. The first kappa shape index (κ1) is 13.4. The number of hydrogen-bond acceptors (Lipinski definition) is 3. The monoisotopic (exact) mass is 250 g/mol. The van der Waals surface area contributed by atoms with Crippen molar-refractivity contribution in [3.05, 3.63) is 29.8 Å². The van der Waals surface area contributed by atoms with Crippen molar-refractivity contribution in [3.8, 4) is 5.75 Å². The minimum Gasteiger partial charge on any atom is -0.490 e. The Labute approximate surface area is 109 Å². The first-order chi connectivity index (χ1) is 8.53. The Morgan fingerprint density at radius 2 is 1.89 bits per heavy atom. The van der Waals surface area contributed by atoms with Gasteiger partial charge >= 0.3 is 0 Å². The molecule has 0 aromatic heterocycles. The zero-order valence-corrected chi connectivity index (χ0v) is 11.3. The van der Waals surface area contributed by atoms with Crippen molar-refractivity contribution in [1.82, 2.24) is 0 Å². The van der Waals surface area contributed by atoms with Crippen molar-refractivity contribution in [2.24, 2.45) is 0 Å². The topological polar surface area (TPSA) is 38.7 Å². The molecule has 3 heteroatoms. The van der Waals surface area contributed by atoms with Crippen molar-refractivity contribution >= 4 is 0 Å². The van der Waals surface area contributed by atoms with Crippen molar-refractivity contribution in [3.63, 3.8) is 0 Å². The van der Waals surface area contributed by atoms with E-state index in [0.29, 0.717) is 12.7 Å². The molecule has 1 unspecified atom stereocenters.